The van der Waals surface area contributed by atoms with Crippen LogP contribution in [0.15, 0.2) is 176 Å². The topological polar surface area (TPSA) is 3.24 Å². The molecular formula is C46H29NS. The van der Waals surface area contributed by atoms with Crippen molar-refractivity contribution in [3.8, 4) is 11.1 Å². The van der Waals surface area contributed by atoms with Crippen molar-refractivity contribution < 1.29 is 0 Å². The van der Waals surface area contributed by atoms with Crippen LogP contribution in [-0.2, 0) is 0 Å². The summed E-state index contributed by atoms with van der Waals surface area (Å²) in [7, 11) is 0. The van der Waals surface area contributed by atoms with Gasteiger partial charge in [0.1, 0.15) is 0 Å². The van der Waals surface area contributed by atoms with Gasteiger partial charge in [-0.05, 0) is 85.2 Å². The van der Waals surface area contributed by atoms with Crippen LogP contribution < -0.4 is 4.90 Å². The molecule has 0 aliphatic rings. The van der Waals surface area contributed by atoms with Crippen molar-refractivity contribution in [2.24, 2.45) is 0 Å². The number of hydrogen-bond acceptors (Lipinski definition) is 2. The number of rotatable bonds is 4. The van der Waals surface area contributed by atoms with Crippen LogP contribution in [0.1, 0.15) is 0 Å². The Bertz CT molecular complexity index is 2840. The Morgan fingerprint density at radius 2 is 0.917 bits per heavy atom. The standard InChI is InChI=1S/C46H29NS/c1-3-13-35-30(10-1)12-9-18-36(35)32-20-23-33(24-21-32)47(34-25-27-42-41-17-7-8-19-45(41)48-46(42)28-34)44-29-43-37-14-4-2-11-31(37)22-26-39(43)38-15-5-6-16-40(38)44/h1-29H. The number of nitrogens with zero attached hydrogens (tertiary/aromatic N) is 1. The Balaban J connectivity index is 1.24. The van der Waals surface area contributed by atoms with Gasteiger partial charge in [-0.3, -0.25) is 0 Å². The van der Waals surface area contributed by atoms with E-state index in [0.717, 1.165) is 11.4 Å². The molecule has 1 nitrogen and oxygen atoms in total. The largest absolute Gasteiger partial charge is 0.310 e. The van der Waals surface area contributed by atoms with Crippen molar-refractivity contribution in [2.75, 3.05) is 4.90 Å². The second kappa shape index (κ2) is 10.8. The number of fused-ring (bicyclic) bond motifs is 9. The summed E-state index contributed by atoms with van der Waals surface area (Å²) < 4.78 is 2.61. The predicted octanol–water partition coefficient (Wildman–Crippen LogP) is 13.8. The Kier molecular flexibility index (Phi) is 6.12. The van der Waals surface area contributed by atoms with E-state index >= 15 is 0 Å². The fourth-order valence-electron chi connectivity index (χ4n) is 7.57. The molecule has 0 atom stereocenters. The molecule has 0 saturated carbocycles. The second-order valence-electron chi connectivity index (χ2n) is 12.5. The normalized spacial score (nSPS) is 11.8. The number of thiophene rings is 1. The van der Waals surface area contributed by atoms with E-state index in [-0.39, 0.29) is 0 Å². The first-order valence-corrected chi connectivity index (χ1v) is 17.2. The second-order valence-corrected chi connectivity index (χ2v) is 13.6. The van der Waals surface area contributed by atoms with Crippen LogP contribution in [0.3, 0.4) is 0 Å². The summed E-state index contributed by atoms with van der Waals surface area (Å²) >= 11 is 1.87. The van der Waals surface area contributed by atoms with Gasteiger partial charge in [0, 0.05) is 36.9 Å². The maximum absolute atomic E-state index is 2.46. The quantitative estimate of drug-likeness (QED) is 0.176. The SMILES string of the molecule is c1ccc2c(-c3ccc(N(c4ccc5c(c4)sc4ccccc45)c4cc5c6ccccc6ccc5c5ccccc45)cc3)cccc2c1. The molecule has 0 fully saturated rings. The molecule has 0 bridgehead atoms. The molecule has 0 saturated heterocycles. The first-order valence-electron chi connectivity index (χ1n) is 16.4. The van der Waals surface area contributed by atoms with Crippen LogP contribution in [-0.4, -0.2) is 0 Å². The average Bonchev–Trinajstić information content (AvgIpc) is 3.53. The molecule has 0 N–H and O–H groups in total. The van der Waals surface area contributed by atoms with E-state index in [1.807, 2.05) is 11.3 Å². The Morgan fingerprint density at radius 1 is 0.333 bits per heavy atom. The fourth-order valence-corrected chi connectivity index (χ4v) is 8.71. The van der Waals surface area contributed by atoms with E-state index in [2.05, 4.69) is 181 Å². The summed E-state index contributed by atoms with van der Waals surface area (Å²) in [6, 6.07) is 64.6. The zero-order valence-corrected chi connectivity index (χ0v) is 26.9. The zero-order valence-electron chi connectivity index (χ0n) is 26.1. The molecule has 0 radical (unpaired) electrons. The molecule has 10 aromatic rings. The highest BCUT2D eigenvalue weighted by Gasteiger charge is 2.19. The van der Waals surface area contributed by atoms with Crippen LogP contribution in [0.4, 0.5) is 17.1 Å². The minimum atomic E-state index is 1.13. The highest BCUT2D eigenvalue weighted by atomic mass is 32.1. The molecule has 224 valence electrons. The first-order chi connectivity index (χ1) is 23.8. The van der Waals surface area contributed by atoms with Crippen LogP contribution in [0.2, 0.25) is 0 Å². The lowest BCUT2D eigenvalue weighted by atomic mass is 9.95. The summed E-state index contributed by atoms with van der Waals surface area (Å²) in [5.41, 5.74) is 5.92. The highest BCUT2D eigenvalue weighted by molar-refractivity contribution is 7.25. The number of hydrogen-bond donors (Lipinski definition) is 0. The van der Waals surface area contributed by atoms with Gasteiger partial charge in [0.05, 0.1) is 5.69 Å². The van der Waals surface area contributed by atoms with Gasteiger partial charge >= 0.3 is 0 Å². The lowest BCUT2D eigenvalue weighted by molar-refractivity contribution is 1.31. The lowest BCUT2D eigenvalue weighted by Gasteiger charge is -2.28. The zero-order chi connectivity index (χ0) is 31.6. The molecular weight excluding hydrogens is 599 g/mol. The van der Waals surface area contributed by atoms with Gasteiger partial charge in [-0.15, -0.1) is 11.3 Å². The molecule has 1 heterocycles. The molecule has 2 heteroatoms. The maximum atomic E-state index is 2.46. The average molecular weight is 628 g/mol. The molecule has 9 aromatic carbocycles. The van der Waals surface area contributed by atoms with Gasteiger partial charge in [-0.1, -0.05) is 140 Å². The predicted molar refractivity (Wildman–Crippen MR) is 209 cm³/mol. The van der Waals surface area contributed by atoms with E-state index in [4.69, 9.17) is 0 Å². The van der Waals surface area contributed by atoms with Gasteiger partial charge in [-0.2, -0.15) is 0 Å². The molecule has 0 amide bonds. The Morgan fingerprint density at radius 3 is 1.75 bits per heavy atom. The van der Waals surface area contributed by atoms with Gasteiger partial charge in [0.25, 0.3) is 0 Å². The van der Waals surface area contributed by atoms with Gasteiger partial charge < -0.3 is 4.90 Å². The monoisotopic (exact) mass is 627 g/mol. The van der Waals surface area contributed by atoms with E-state index in [9.17, 15) is 0 Å². The van der Waals surface area contributed by atoms with Crippen LogP contribution in [0.5, 0.6) is 0 Å². The van der Waals surface area contributed by atoms with Crippen molar-refractivity contribution in [3.63, 3.8) is 0 Å². The maximum Gasteiger partial charge on any atom is 0.0546 e. The van der Waals surface area contributed by atoms with Crippen LogP contribution >= 0.6 is 11.3 Å². The number of anilines is 3. The fraction of sp³-hybridized carbons (Fsp3) is 0. The number of benzene rings is 9. The van der Waals surface area contributed by atoms with Crippen molar-refractivity contribution in [2.45, 2.75) is 0 Å². The van der Waals surface area contributed by atoms with Gasteiger partial charge in [-0.25, -0.2) is 0 Å². The van der Waals surface area contributed by atoms with Crippen molar-refractivity contribution >= 4 is 91.7 Å². The van der Waals surface area contributed by atoms with Crippen LogP contribution in [0, 0.1) is 0 Å². The van der Waals surface area contributed by atoms with E-state index in [0.29, 0.717) is 0 Å². The lowest BCUT2D eigenvalue weighted by Crippen LogP contribution is -2.10. The minimum absolute atomic E-state index is 1.13. The minimum Gasteiger partial charge on any atom is -0.310 e. The van der Waals surface area contributed by atoms with E-state index in [1.54, 1.807) is 0 Å². The van der Waals surface area contributed by atoms with Crippen molar-refractivity contribution in [3.05, 3.63) is 176 Å². The Labute approximate surface area is 282 Å². The van der Waals surface area contributed by atoms with Crippen molar-refractivity contribution in [1.29, 1.82) is 0 Å². The van der Waals surface area contributed by atoms with E-state index < -0.39 is 0 Å². The molecule has 0 spiro atoms. The van der Waals surface area contributed by atoms with Gasteiger partial charge in [0.15, 0.2) is 0 Å². The molecule has 1 aromatic heterocycles. The smallest absolute Gasteiger partial charge is 0.0546 e. The summed E-state index contributed by atoms with van der Waals surface area (Å²) in [5.74, 6) is 0. The third-order valence-electron chi connectivity index (χ3n) is 9.83. The van der Waals surface area contributed by atoms with Crippen molar-refractivity contribution in [1.82, 2.24) is 0 Å². The third-order valence-corrected chi connectivity index (χ3v) is 11.0. The molecule has 10 rings (SSSR count). The van der Waals surface area contributed by atoms with Gasteiger partial charge in [0.2, 0.25) is 0 Å². The summed E-state index contributed by atoms with van der Waals surface area (Å²) in [4.78, 5) is 2.46. The third kappa shape index (κ3) is 4.24. The molecule has 48 heavy (non-hydrogen) atoms. The molecule has 0 aliphatic carbocycles. The van der Waals surface area contributed by atoms with Crippen LogP contribution in [0.25, 0.3) is 74.4 Å². The first kappa shape index (κ1) is 27.2. The molecule has 0 unspecified atom stereocenters. The Hall–Kier alpha value is -5.96. The molecule has 0 aliphatic heterocycles. The summed E-state index contributed by atoms with van der Waals surface area (Å²) in [6.45, 7) is 0. The highest BCUT2D eigenvalue weighted by Crippen LogP contribution is 2.46. The summed E-state index contributed by atoms with van der Waals surface area (Å²) in [6.07, 6.45) is 0. The van der Waals surface area contributed by atoms with E-state index in [1.165, 1.54) is 80.1 Å². The summed E-state index contributed by atoms with van der Waals surface area (Å²) in [5, 5.41) is 12.7.